The maximum Gasteiger partial charge on any atom is 0.230 e. The number of amides is 1. The van der Waals surface area contributed by atoms with Gasteiger partial charge in [0, 0.05) is 6.20 Å². The number of fused-ring (bicyclic) bond motifs is 1. The molecule has 0 fully saturated rings. The number of aromatic nitrogens is 1. The molecule has 0 radical (unpaired) electrons. The first-order chi connectivity index (χ1) is 12.3. The van der Waals surface area contributed by atoms with Gasteiger partial charge in [0.2, 0.25) is 5.91 Å². The first-order valence-corrected chi connectivity index (χ1v) is 8.60. The van der Waals surface area contributed by atoms with E-state index >= 15 is 0 Å². The van der Waals surface area contributed by atoms with E-state index in [1.54, 1.807) is 12.5 Å². The van der Waals surface area contributed by atoms with E-state index in [2.05, 4.69) is 17.1 Å². The van der Waals surface area contributed by atoms with E-state index < -0.39 is 0 Å². The van der Waals surface area contributed by atoms with Crippen LogP contribution in [-0.2, 0) is 24.3 Å². The number of carbonyl (C=O) groups is 1. The first kappa shape index (κ1) is 15.6. The Bertz CT molecular complexity index is 843. The summed E-state index contributed by atoms with van der Waals surface area (Å²) in [4.78, 5) is 19.5. The molecule has 0 saturated heterocycles. The number of hydrogen-bond acceptors (Lipinski definition) is 3. The smallest absolute Gasteiger partial charge is 0.230 e. The topological polar surface area (TPSA) is 46.3 Å². The molecule has 4 rings (SSSR count). The Morgan fingerprint density at radius 3 is 2.76 bits per heavy atom. The van der Waals surface area contributed by atoms with Crippen LogP contribution in [0.5, 0.6) is 0 Å². The molecule has 1 amide bonds. The van der Waals surface area contributed by atoms with Gasteiger partial charge in [-0.15, -0.1) is 0 Å². The normalized spacial score (nSPS) is 15.8. The third kappa shape index (κ3) is 3.33. The Morgan fingerprint density at radius 2 is 1.96 bits per heavy atom. The van der Waals surface area contributed by atoms with Crippen molar-refractivity contribution in [2.75, 3.05) is 0 Å². The van der Waals surface area contributed by atoms with Crippen molar-refractivity contribution in [3.05, 3.63) is 89.6 Å². The molecule has 0 bridgehead atoms. The molecule has 3 aromatic rings. The minimum Gasteiger partial charge on any atom is -0.467 e. The summed E-state index contributed by atoms with van der Waals surface area (Å²) in [7, 11) is 0. The molecule has 2 aromatic heterocycles. The van der Waals surface area contributed by atoms with Gasteiger partial charge in [-0.3, -0.25) is 9.78 Å². The van der Waals surface area contributed by atoms with Crippen LogP contribution in [0.1, 0.15) is 34.9 Å². The van der Waals surface area contributed by atoms with E-state index in [1.807, 2.05) is 47.4 Å². The van der Waals surface area contributed by atoms with Gasteiger partial charge in [-0.1, -0.05) is 30.3 Å². The molecular formula is C21H20N2O2. The molecule has 1 aliphatic carbocycles. The highest BCUT2D eigenvalue weighted by atomic mass is 16.3. The van der Waals surface area contributed by atoms with Crippen LogP contribution in [-0.4, -0.2) is 15.8 Å². The second kappa shape index (κ2) is 6.93. The standard InChI is InChI=1S/C21H20N2O2/c24-21(20-11-10-16-6-1-2-9-19(16)20)23(15-18-8-5-13-25-18)14-17-7-3-4-12-22-17/h1-9,12-13,20H,10-11,14-15H2. The van der Waals surface area contributed by atoms with Gasteiger partial charge in [0.15, 0.2) is 0 Å². The Hall–Kier alpha value is -2.88. The van der Waals surface area contributed by atoms with Crippen molar-refractivity contribution < 1.29 is 9.21 Å². The van der Waals surface area contributed by atoms with Crippen LogP contribution in [0.3, 0.4) is 0 Å². The SMILES string of the molecule is O=C(C1CCc2ccccc21)N(Cc1ccccn1)Cc1ccco1. The monoisotopic (exact) mass is 332 g/mol. The number of pyridine rings is 1. The lowest BCUT2D eigenvalue weighted by molar-refractivity contribution is -0.134. The van der Waals surface area contributed by atoms with Crippen molar-refractivity contribution in [3.63, 3.8) is 0 Å². The lowest BCUT2D eigenvalue weighted by atomic mass is 9.99. The second-order valence-electron chi connectivity index (χ2n) is 6.38. The summed E-state index contributed by atoms with van der Waals surface area (Å²) in [6.45, 7) is 0.945. The predicted molar refractivity (Wildman–Crippen MR) is 94.7 cm³/mol. The number of rotatable bonds is 5. The average Bonchev–Trinajstić information content (AvgIpc) is 3.31. The van der Waals surface area contributed by atoms with Gasteiger partial charge in [-0.05, 0) is 48.2 Å². The fraction of sp³-hybridized carbons (Fsp3) is 0.238. The molecule has 25 heavy (non-hydrogen) atoms. The molecule has 2 heterocycles. The molecule has 1 atom stereocenters. The molecular weight excluding hydrogens is 312 g/mol. The van der Waals surface area contributed by atoms with E-state index in [0.717, 1.165) is 29.9 Å². The maximum atomic E-state index is 13.3. The number of hydrogen-bond donors (Lipinski definition) is 0. The Morgan fingerprint density at radius 1 is 1.08 bits per heavy atom. The van der Waals surface area contributed by atoms with E-state index in [9.17, 15) is 4.79 Å². The summed E-state index contributed by atoms with van der Waals surface area (Å²) in [6, 6.07) is 17.8. The van der Waals surface area contributed by atoms with Crippen molar-refractivity contribution >= 4 is 5.91 Å². The highest BCUT2D eigenvalue weighted by Crippen LogP contribution is 2.34. The van der Waals surface area contributed by atoms with Crippen molar-refractivity contribution in [2.24, 2.45) is 0 Å². The fourth-order valence-corrected chi connectivity index (χ4v) is 3.52. The Kier molecular flexibility index (Phi) is 4.34. The summed E-state index contributed by atoms with van der Waals surface area (Å²) in [5.74, 6) is 0.859. The van der Waals surface area contributed by atoms with Crippen LogP contribution >= 0.6 is 0 Å². The Labute approximate surface area is 147 Å². The molecule has 4 nitrogen and oxygen atoms in total. The summed E-state index contributed by atoms with van der Waals surface area (Å²) in [5.41, 5.74) is 3.34. The average molecular weight is 332 g/mol. The van der Waals surface area contributed by atoms with Crippen molar-refractivity contribution in [2.45, 2.75) is 31.8 Å². The maximum absolute atomic E-state index is 13.3. The molecule has 126 valence electrons. The lowest BCUT2D eigenvalue weighted by Crippen LogP contribution is -2.34. The van der Waals surface area contributed by atoms with Crippen LogP contribution in [0.2, 0.25) is 0 Å². The highest BCUT2D eigenvalue weighted by molar-refractivity contribution is 5.85. The predicted octanol–water partition coefficient (Wildman–Crippen LogP) is 3.93. The number of furan rings is 1. The minimum absolute atomic E-state index is 0.0742. The molecule has 0 N–H and O–H groups in total. The Balaban J connectivity index is 1.60. The molecule has 0 aliphatic heterocycles. The van der Waals surface area contributed by atoms with Crippen LogP contribution in [0.25, 0.3) is 0 Å². The third-order valence-electron chi connectivity index (χ3n) is 4.75. The van der Waals surface area contributed by atoms with Crippen LogP contribution in [0.15, 0.2) is 71.5 Å². The zero-order chi connectivity index (χ0) is 17.1. The van der Waals surface area contributed by atoms with Gasteiger partial charge in [0.05, 0.1) is 31.0 Å². The van der Waals surface area contributed by atoms with Gasteiger partial charge >= 0.3 is 0 Å². The first-order valence-electron chi connectivity index (χ1n) is 8.60. The molecule has 1 aliphatic rings. The molecule has 1 aromatic carbocycles. The number of nitrogens with zero attached hydrogens (tertiary/aromatic N) is 2. The van der Waals surface area contributed by atoms with Crippen molar-refractivity contribution in [3.8, 4) is 0 Å². The summed E-state index contributed by atoms with van der Waals surface area (Å²) in [6.07, 6.45) is 5.24. The van der Waals surface area contributed by atoms with Gasteiger partial charge in [-0.25, -0.2) is 0 Å². The van der Waals surface area contributed by atoms with Gasteiger partial charge in [0.25, 0.3) is 0 Å². The van der Waals surface area contributed by atoms with Gasteiger partial charge < -0.3 is 9.32 Å². The zero-order valence-electron chi connectivity index (χ0n) is 14.0. The van der Waals surface area contributed by atoms with E-state index in [-0.39, 0.29) is 11.8 Å². The molecule has 0 saturated carbocycles. The van der Waals surface area contributed by atoms with Crippen molar-refractivity contribution in [1.29, 1.82) is 0 Å². The van der Waals surface area contributed by atoms with Crippen molar-refractivity contribution in [1.82, 2.24) is 9.88 Å². The number of benzene rings is 1. The second-order valence-corrected chi connectivity index (χ2v) is 6.38. The van der Waals surface area contributed by atoms with Gasteiger partial charge in [0.1, 0.15) is 5.76 Å². The van der Waals surface area contributed by atoms with E-state index in [4.69, 9.17) is 4.42 Å². The minimum atomic E-state index is -0.0742. The zero-order valence-corrected chi connectivity index (χ0v) is 14.0. The summed E-state index contributed by atoms with van der Waals surface area (Å²) in [5, 5.41) is 0. The number of carbonyl (C=O) groups excluding carboxylic acids is 1. The lowest BCUT2D eigenvalue weighted by Gasteiger charge is -2.25. The molecule has 1 unspecified atom stereocenters. The fourth-order valence-electron chi connectivity index (χ4n) is 3.52. The van der Waals surface area contributed by atoms with Crippen LogP contribution < -0.4 is 0 Å². The third-order valence-corrected chi connectivity index (χ3v) is 4.75. The van der Waals surface area contributed by atoms with Crippen LogP contribution in [0.4, 0.5) is 0 Å². The summed E-state index contributed by atoms with van der Waals surface area (Å²) < 4.78 is 5.47. The summed E-state index contributed by atoms with van der Waals surface area (Å²) >= 11 is 0. The van der Waals surface area contributed by atoms with E-state index in [0.29, 0.717) is 13.1 Å². The molecule has 0 spiro atoms. The van der Waals surface area contributed by atoms with E-state index in [1.165, 1.54) is 5.56 Å². The molecule has 4 heteroatoms. The van der Waals surface area contributed by atoms with Crippen LogP contribution in [0, 0.1) is 0 Å². The quantitative estimate of drug-likeness (QED) is 0.711. The largest absolute Gasteiger partial charge is 0.467 e. The highest BCUT2D eigenvalue weighted by Gasteiger charge is 2.32. The van der Waals surface area contributed by atoms with Gasteiger partial charge in [-0.2, -0.15) is 0 Å². The number of aryl methyl sites for hydroxylation is 1.